The Morgan fingerprint density at radius 1 is 1.39 bits per heavy atom. The van der Waals surface area contributed by atoms with E-state index < -0.39 is 0 Å². The molecule has 4 atom stereocenters. The highest BCUT2D eigenvalue weighted by Crippen LogP contribution is 2.47. The Morgan fingerprint density at radius 2 is 2.17 bits per heavy atom. The van der Waals surface area contributed by atoms with Crippen molar-refractivity contribution < 1.29 is 4.79 Å². The van der Waals surface area contributed by atoms with Gasteiger partial charge < -0.3 is 11.1 Å². The van der Waals surface area contributed by atoms with Gasteiger partial charge >= 0.3 is 0 Å². The summed E-state index contributed by atoms with van der Waals surface area (Å²) in [5.74, 6) is 1.06. The molecule has 0 radical (unpaired) electrons. The first-order valence-corrected chi connectivity index (χ1v) is 7.12. The molecular formula is C13H16BrN3O. The van der Waals surface area contributed by atoms with Crippen molar-refractivity contribution in [3.63, 3.8) is 0 Å². The van der Waals surface area contributed by atoms with Crippen molar-refractivity contribution in [2.45, 2.75) is 25.3 Å². The highest BCUT2D eigenvalue weighted by molar-refractivity contribution is 9.10. The van der Waals surface area contributed by atoms with Gasteiger partial charge in [0, 0.05) is 6.04 Å². The second-order valence-corrected chi connectivity index (χ2v) is 6.11. The van der Waals surface area contributed by atoms with E-state index in [0.717, 1.165) is 23.1 Å². The van der Waals surface area contributed by atoms with Crippen molar-refractivity contribution in [2.75, 3.05) is 5.32 Å². The summed E-state index contributed by atoms with van der Waals surface area (Å²) < 4.78 is 0.761. The molecule has 96 valence electrons. The predicted octanol–water partition coefficient (Wildman–Crippen LogP) is 2.16. The molecule has 2 aliphatic rings. The number of rotatable bonds is 2. The fourth-order valence-electron chi connectivity index (χ4n) is 3.40. The molecule has 0 aromatic carbocycles. The van der Waals surface area contributed by atoms with Crippen LogP contribution in [0.25, 0.3) is 0 Å². The zero-order valence-corrected chi connectivity index (χ0v) is 11.6. The van der Waals surface area contributed by atoms with E-state index in [4.69, 9.17) is 5.73 Å². The average Bonchev–Trinajstić information content (AvgIpc) is 2.92. The molecule has 5 heteroatoms. The number of halogens is 1. The van der Waals surface area contributed by atoms with Gasteiger partial charge in [-0.25, -0.2) is 4.98 Å². The molecule has 4 unspecified atom stereocenters. The van der Waals surface area contributed by atoms with Crippen LogP contribution in [0.2, 0.25) is 0 Å². The van der Waals surface area contributed by atoms with E-state index in [9.17, 15) is 4.79 Å². The lowest BCUT2D eigenvalue weighted by molar-refractivity contribution is -0.121. The number of carbonyl (C=O) groups is 1. The Labute approximate surface area is 114 Å². The van der Waals surface area contributed by atoms with Gasteiger partial charge in [0.2, 0.25) is 5.91 Å². The smallest absolute Gasteiger partial charge is 0.229 e. The number of anilines is 1. The number of nitrogens with one attached hydrogen (secondary N) is 1. The topological polar surface area (TPSA) is 68.0 Å². The van der Waals surface area contributed by atoms with E-state index in [0.29, 0.717) is 11.8 Å². The van der Waals surface area contributed by atoms with Crippen LogP contribution in [0.4, 0.5) is 5.69 Å². The van der Waals surface area contributed by atoms with E-state index >= 15 is 0 Å². The van der Waals surface area contributed by atoms with Gasteiger partial charge in [-0.2, -0.15) is 0 Å². The summed E-state index contributed by atoms with van der Waals surface area (Å²) in [7, 11) is 0. The van der Waals surface area contributed by atoms with Crippen LogP contribution in [0, 0.1) is 17.8 Å². The third-order valence-electron chi connectivity index (χ3n) is 4.28. The maximum Gasteiger partial charge on any atom is 0.229 e. The Kier molecular flexibility index (Phi) is 3.11. The van der Waals surface area contributed by atoms with Gasteiger partial charge in [-0.05, 0) is 59.2 Å². The zero-order valence-electron chi connectivity index (χ0n) is 9.97. The van der Waals surface area contributed by atoms with Gasteiger partial charge in [-0.1, -0.05) is 0 Å². The number of nitrogens with zero attached hydrogens (tertiary/aromatic N) is 1. The lowest BCUT2D eigenvalue weighted by Crippen LogP contribution is -2.42. The van der Waals surface area contributed by atoms with Gasteiger partial charge in [0.1, 0.15) is 4.60 Å². The molecule has 0 saturated heterocycles. The van der Waals surface area contributed by atoms with E-state index in [1.54, 1.807) is 6.20 Å². The third-order valence-corrected chi connectivity index (χ3v) is 4.75. The number of amides is 1. The van der Waals surface area contributed by atoms with Crippen molar-refractivity contribution in [1.82, 2.24) is 4.98 Å². The zero-order chi connectivity index (χ0) is 12.7. The fraction of sp³-hybridized carbons (Fsp3) is 0.538. The maximum atomic E-state index is 12.3. The summed E-state index contributed by atoms with van der Waals surface area (Å²) in [6.07, 6.45) is 5.11. The molecular weight excluding hydrogens is 294 g/mol. The summed E-state index contributed by atoms with van der Waals surface area (Å²) in [6, 6.07) is 3.69. The molecule has 1 amide bonds. The Bertz CT molecular complexity index is 460. The lowest BCUT2D eigenvalue weighted by Gasteiger charge is -2.26. The van der Waals surface area contributed by atoms with Crippen LogP contribution in [0.15, 0.2) is 22.9 Å². The van der Waals surface area contributed by atoms with Gasteiger partial charge in [0.15, 0.2) is 0 Å². The standard InChI is InChI=1S/C13H16BrN3O/c14-10-4-3-9(6-16-10)17-13(18)11-7-1-2-8(5-7)12(11)15/h3-4,6-8,11-12H,1-2,5,15H2,(H,17,18). The molecule has 2 fully saturated rings. The van der Waals surface area contributed by atoms with Crippen LogP contribution in [0.1, 0.15) is 19.3 Å². The molecule has 2 saturated carbocycles. The normalized spacial score (nSPS) is 33.7. The van der Waals surface area contributed by atoms with Gasteiger partial charge in [-0.3, -0.25) is 4.79 Å². The minimum Gasteiger partial charge on any atom is -0.327 e. The number of hydrogen-bond acceptors (Lipinski definition) is 3. The van der Waals surface area contributed by atoms with Crippen molar-refractivity contribution in [3.05, 3.63) is 22.9 Å². The number of hydrogen-bond donors (Lipinski definition) is 2. The van der Waals surface area contributed by atoms with Crippen LogP contribution >= 0.6 is 15.9 Å². The van der Waals surface area contributed by atoms with Crippen LogP contribution in [-0.2, 0) is 4.79 Å². The Morgan fingerprint density at radius 3 is 2.78 bits per heavy atom. The number of carbonyl (C=O) groups excluding carboxylic acids is 1. The number of aromatic nitrogens is 1. The molecule has 18 heavy (non-hydrogen) atoms. The molecule has 4 nitrogen and oxygen atoms in total. The van der Waals surface area contributed by atoms with Crippen LogP contribution < -0.4 is 11.1 Å². The van der Waals surface area contributed by atoms with E-state index in [2.05, 4.69) is 26.2 Å². The minimum absolute atomic E-state index is 0.0209. The molecule has 0 aliphatic heterocycles. The molecule has 1 aromatic heterocycles. The van der Waals surface area contributed by atoms with Gasteiger partial charge in [0.05, 0.1) is 17.8 Å². The molecule has 2 bridgehead atoms. The summed E-state index contributed by atoms with van der Waals surface area (Å²) in [4.78, 5) is 16.4. The van der Waals surface area contributed by atoms with Crippen LogP contribution in [0.3, 0.4) is 0 Å². The SMILES string of the molecule is NC1C2CCC(C2)C1C(=O)Nc1ccc(Br)nc1. The first-order valence-electron chi connectivity index (χ1n) is 6.33. The Balaban J connectivity index is 1.70. The quantitative estimate of drug-likeness (QED) is 0.823. The summed E-state index contributed by atoms with van der Waals surface area (Å²) >= 11 is 3.27. The van der Waals surface area contributed by atoms with E-state index in [-0.39, 0.29) is 17.9 Å². The average molecular weight is 310 g/mol. The first-order chi connectivity index (χ1) is 8.65. The van der Waals surface area contributed by atoms with Crippen molar-refractivity contribution in [2.24, 2.45) is 23.5 Å². The molecule has 0 spiro atoms. The molecule has 1 heterocycles. The highest BCUT2D eigenvalue weighted by Gasteiger charge is 2.49. The second-order valence-electron chi connectivity index (χ2n) is 5.30. The van der Waals surface area contributed by atoms with Gasteiger partial charge in [-0.15, -0.1) is 0 Å². The van der Waals surface area contributed by atoms with Gasteiger partial charge in [0.25, 0.3) is 0 Å². The predicted molar refractivity (Wildman–Crippen MR) is 72.9 cm³/mol. The molecule has 1 aromatic rings. The minimum atomic E-state index is -0.0209. The maximum absolute atomic E-state index is 12.3. The lowest BCUT2D eigenvalue weighted by atomic mass is 9.84. The third kappa shape index (κ3) is 2.06. The molecule has 2 aliphatic carbocycles. The summed E-state index contributed by atoms with van der Waals surface area (Å²) in [6.45, 7) is 0. The van der Waals surface area contributed by atoms with Crippen molar-refractivity contribution in [1.29, 1.82) is 0 Å². The van der Waals surface area contributed by atoms with Crippen LogP contribution in [-0.4, -0.2) is 16.9 Å². The number of pyridine rings is 1. The molecule has 3 rings (SSSR count). The number of fused-ring (bicyclic) bond motifs is 2. The second kappa shape index (κ2) is 4.63. The van der Waals surface area contributed by atoms with E-state index in [1.807, 2.05) is 12.1 Å². The highest BCUT2D eigenvalue weighted by atomic mass is 79.9. The fourth-order valence-corrected chi connectivity index (χ4v) is 3.63. The van der Waals surface area contributed by atoms with E-state index in [1.165, 1.54) is 6.42 Å². The van der Waals surface area contributed by atoms with Crippen molar-refractivity contribution >= 4 is 27.5 Å². The summed E-state index contributed by atoms with van der Waals surface area (Å²) in [5.41, 5.74) is 6.89. The monoisotopic (exact) mass is 309 g/mol. The van der Waals surface area contributed by atoms with Crippen LogP contribution in [0.5, 0.6) is 0 Å². The Hall–Kier alpha value is -0.940. The largest absolute Gasteiger partial charge is 0.327 e. The molecule has 3 N–H and O–H groups in total. The first kappa shape index (κ1) is 12.1. The number of nitrogens with two attached hydrogens (primary N) is 1. The summed E-state index contributed by atoms with van der Waals surface area (Å²) in [5, 5.41) is 2.92. The van der Waals surface area contributed by atoms with Crippen molar-refractivity contribution in [3.8, 4) is 0 Å².